The smallest absolute Gasteiger partial charge is 0.255 e. The minimum absolute atomic E-state index is 0.0723. The molecular weight excluding hydrogens is 236 g/mol. The largest absolute Gasteiger partial charge is 0.318 e. The van der Waals surface area contributed by atoms with Crippen LogP contribution >= 0.6 is 11.6 Å². The lowest BCUT2D eigenvalue weighted by molar-refractivity contribution is 0.0737. The van der Waals surface area contributed by atoms with Gasteiger partial charge in [-0.25, -0.2) is 0 Å². The van der Waals surface area contributed by atoms with E-state index in [2.05, 4.69) is 6.07 Å². The van der Waals surface area contributed by atoms with Crippen molar-refractivity contribution >= 4 is 17.5 Å². The van der Waals surface area contributed by atoms with Crippen molar-refractivity contribution in [2.45, 2.75) is 19.9 Å². The summed E-state index contributed by atoms with van der Waals surface area (Å²) in [4.78, 5) is 13.8. The van der Waals surface area contributed by atoms with Crippen molar-refractivity contribution in [2.75, 3.05) is 6.54 Å². The molecule has 0 saturated carbocycles. The van der Waals surface area contributed by atoms with Crippen LogP contribution in [0.4, 0.5) is 0 Å². The Morgan fingerprint density at radius 2 is 2.24 bits per heavy atom. The number of fused-ring (bicyclic) bond motifs is 1. The van der Waals surface area contributed by atoms with Crippen LogP contribution in [0.15, 0.2) is 18.2 Å². The van der Waals surface area contributed by atoms with Crippen LogP contribution in [0.1, 0.15) is 35.8 Å². The molecule has 4 heteroatoms. The molecule has 0 fully saturated rings. The summed E-state index contributed by atoms with van der Waals surface area (Å²) in [5.41, 5.74) is 1.33. The number of nitrogens with zero attached hydrogens (tertiary/aromatic N) is 2. The fourth-order valence-electron chi connectivity index (χ4n) is 2.12. The number of halogens is 1. The van der Waals surface area contributed by atoms with Crippen LogP contribution in [0, 0.1) is 17.2 Å². The number of rotatable bonds is 2. The van der Waals surface area contributed by atoms with Crippen molar-refractivity contribution in [1.82, 2.24) is 4.90 Å². The average molecular weight is 249 g/mol. The normalized spacial score (nSPS) is 18.4. The Kier molecular flexibility index (Phi) is 3.08. The number of carbonyl (C=O) groups is 1. The van der Waals surface area contributed by atoms with Gasteiger partial charge in [0.25, 0.3) is 5.91 Å². The summed E-state index contributed by atoms with van der Waals surface area (Å²) in [5, 5.41) is 9.78. The van der Waals surface area contributed by atoms with Crippen LogP contribution in [0.2, 0.25) is 5.02 Å². The molecule has 1 heterocycles. The van der Waals surface area contributed by atoms with Gasteiger partial charge in [0.1, 0.15) is 6.04 Å². The third-order valence-corrected chi connectivity index (χ3v) is 3.03. The van der Waals surface area contributed by atoms with E-state index in [9.17, 15) is 10.1 Å². The first kappa shape index (κ1) is 11.9. The van der Waals surface area contributed by atoms with Gasteiger partial charge in [0.15, 0.2) is 0 Å². The molecule has 0 radical (unpaired) electrons. The van der Waals surface area contributed by atoms with Crippen molar-refractivity contribution in [2.24, 2.45) is 5.92 Å². The van der Waals surface area contributed by atoms with Gasteiger partial charge in [-0.3, -0.25) is 4.79 Å². The predicted molar refractivity (Wildman–Crippen MR) is 65.7 cm³/mol. The number of hydrogen-bond donors (Lipinski definition) is 0. The minimum atomic E-state index is -0.501. The molecule has 2 rings (SSSR count). The maximum Gasteiger partial charge on any atom is 0.255 e. The highest BCUT2D eigenvalue weighted by Crippen LogP contribution is 2.35. The molecule has 3 nitrogen and oxygen atoms in total. The van der Waals surface area contributed by atoms with Gasteiger partial charge in [-0.05, 0) is 24.1 Å². The van der Waals surface area contributed by atoms with Gasteiger partial charge in [0.05, 0.1) is 6.07 Å². The summed E-state index contributed by atoms with van der Waals surface area (Å²) in [7, 11) is 0. The molecule has 1 aromatic carbocycles. The molecule has 0 N–H and O–H groups in total. The Labute approximate surface area is 106 Å². The molecule has 1 amide bonds. The zero-order chi connectivity index (χ0) is 12.6. The van der Waals surface area contributed by atoms with Crippen molar-refractivity contribution in [3.05, 3.63) is 34.3 Å². The number of nitriles is 1. The highest BCUT2D eigenvalue weighted by Gasteiger charge is 2.36. The monoisotopic (exact) mass is 248 g/mol. The molecule has 0 bridgehead atoms. The third-order valence-electron chi connectivity index (χ3n) is 2.80. The van der Waals surface area contributed by atoms with Gasteiger partial charge in [-0.15, -0.1) is 0 Å². The summed E-state index contributed by atoms with van der Waals surface area (Å²) < 4.78 is 0. The van der Waals surface area contributed by atoms with E-state index in [-0.39, 0.29) is 5.91 Å². The predicted octanol–water partition coefficient (Wildman–Crippen LogP) is 3.02. The first-order valence-corrected chi connectivity index (χ1v) is 5.92. The maximum absolute atomic E-state index is 12.1. The van der Waals surface area contributed by atoms with Gasteiger partial charge in [-0.1, -0.05) is 25.4 Å². The first-order chi connectivity index (χ1) is 8.04. The SMILES string of the molecule is CC(C)CN1C(=O)c2ccc(Cl)cc2C1C#N. The Morgan fingerprint density at radius 1 is 1.53 bits per heavy atom. The van der Waals surface area contributed by atoms with E-state index >= 15 is 0 Å². The second-order valence-electron chi connectivity index (χ2n) is 4.61. The van der Waals surface area contributed by atoms with Crippen molar-refractivity contribution in [3.63, 3.8) is 0 Å². The van der Waals surface area contributed by atoms with Gasteiger partial charge >= 0.3 is 0 Å². The van der Waals surface area contributed by atoms with Gasteiger partial charge in [-0.2, -0.15) is 5.26 Å². The summed E-state index contributed by atoms with van der Waals surface area (Å²) in [6.07, 6.45) is 0. The molecule has 88 valence electrons. The molecule has 1 aliphatic heterocycles. The number of benzene rings is 1. The Hall–Kier alpha value is -1.53. The lowest BCUT2D eigenvalue weighted by atomic mass is 10.1. The lowest BCUT2D eigenvalue weighted by Gasteiger charge is -2.21. The molecule has 1 aromatic rings. The van der Waals surface area contributed by atoms with Crippen molar-refractivity contribution < 1.29 is 4.79 Å². The molecule has 0 aromatic heterocycles. The second-order valence-corrected chi connectivity index (χ2v) is 5.05. The molecule has 1 unspecified atom stereocenters. The highest BCUT2D eigenvalue weighted by atomic mass is 35.5. The second kappa shape index (κ2) is 4.38. The van der Waals surface area contributed by atoms with Crippen LogP contribution in [0.5, 0.6) is 0 Å². The van der Waals surface area contributed by atoms with E-state index in [1.54, 1.807) is 23.1 Å². The number of amides is 1. The van der Waals surface area contributed by atoms with Crippen LogP contribution in [-0.2, 0) is 0 Å². The molecular formula is C13H13ClN2O. The Bertz CT molecular complexity index is 505. The minimum Gasteiger partial charge on any atom is -0.318 e. The molecule has 0 aliphatic carbocycles. The van der Waals surface area contributed by atoms with Gasteiger partial charge in [0.2, 0.25) is 0 Å². The maximum atomic E-state index is 12.1. The molecule has 0 saturated heterocycles. The van der Waals surface area contributed by atoms with Crippen LogP contribution in [-0.4, -0.2) is 17.4 Å². The summed E-state index contributed by atoms with van der Waals surface area (Å²) in [6, 6.07) is 6.77. The number of hydrogen-bond acceptors (Lipinski definition) is 2. The first-order valence-electron chi connectivity index (χ1n) is 5.54. The van der Waals surface area contributed by atoms with Crippen LogP contribution in [0.25, 0.3) is 0 Å². The molecule has 17 heavy (non-hydrogen) atoms. The van der Waals surface area contributed by atoms with Crippen LogP contribution in [0.3, 0.4) is 0 Å². The van der Waals surface area contributed by atoms with E-state index in [0.717, 1.165) is 5.56 Å². The van der Waals surface area contributed by atoms with Gasteiger partial charge in [0, 0.05) is 22.7 Å². The van der Waals surface area contributed by atoms with E-state index < -0.39 is 6.04 Å². The summed E-state index contributed by atoms with van der Waals surface area (Å²) in [5.74, 6) is 0.261. The summed E-state index contributed by atoms with van der Waals surface area (Å²) in [6.45, 7) is 4.64. The quantitative estimate of drug-likeness (QED) is 0.808. The molecule has 0 spiro atoms. The van der Waals surface area contributed by atoms with Crippen LogP contribution < -0.4 is 0 Å². The van der Waals surface area contributed by atoms with E-state index in [0.29, 0.717) is 23.0 Å². The fourth-order valence-corrected chi connectivity index (χ4v) is 2.30. The standard InChI is InChI=1S/C13H13ClN2O/c1-8(2)7-16-12(6-15)11-5-9(14)3-4-10(11)13(16)17/h3-5,8,12H,7H2,1-2H3. The van der Waals surface area contributed by atoms with Crippen molar-refractivity contribution in [3.8, 4) is 6.07 Å². The Balaban J connectivity index is 2.44. The zero-order valence-corrected chi connectivity index (χ0v) is 10.5. The lowest BCUT2D eigenvalue weighted by Crippen LogP contribution is -2.31. The van der Waals surface area contributed by atoms with E-state index in [1.165, 1.54) is 0 Å². The number of carbonyl (C=O) groups excluding carboxylic acids is 1. The van der Waals surface area contributed by atoms with Crippen molar-refractivity contribution in [1.29, 1.82) is 5.26 Å². The fraction of sp³-hybridized carbons (Fsp3) is 0.385. The van der Waals surface area contributed by atoms with E-state index in [1.807, 2.05) is 13.8 Å². The zero-order valence-electron chi connectivity index (χ0n) is 9.77. The third kappa shape index (κ3) is 2.01. The Morgan fingerprint density at radius 3 is 2.82 bits per heavy atom. The summed E-state index contributed by atoms with van der Waals surface area (Å²) >= 11 is 5.91. The molecule has 1 aliphatic rings. The van der Waals surface area contributed by atoms with E-state index in [4.69, 9.17) is 11.6 Å². The topological polar surface area (TPSA) is 44.1 Å². The van der Waals surface area contributed by atoms with Gasteiger partial charge < -0.3 is 4.90 Å². The average Bonchev–Trinajstić information content (AvgIpc) is 2.51. The highest BCUT2D eigenvalue weighted by molar-refractivity contribution is 6.30. The molecule has 1 atom stereocenters.